The third-order valence-electron chi connectivity index (χ3n) is 5.04. The summed E-state index contributed by atoms with van der Waals surface area (Å²) in [4.78, 5) is 27.3. The Kier molecular flexibility index (Phi) is 9.67. The smallest absolute Gasteiger partial charge is 0.244 e. The van der Waals surface area contributed by atoms with Gasteiger partial charge in [-0.15, -0.1) is 0 Å². The van der Waals surface area contributed by atoms with Crippen LogP contribution in [0, 0.1) is 5.82 Å². The second-order valence-electron chi connectivity index (χ2n) is 7.72. The van der Waals surface area contributed by atoms with Gasteiger partial charge in [0.2, 0.25) is 21.8 Å². The van der Waals surface area contributed by atoms with Crippen molar-refractivity contribution in [2.45, 2.75) is 39.3 Å². The van der Waals surface area contributed by atoms with E-state index in [2.05, 4.69) is 5.32 Å². The highest BCUT2D eigenvalue weighted by Gasteiger charge is 2.30. The van der Waals surface area contributed by atoms with Crippen molar-refractivity contribution in [1.29, 1.82) is 0 Å². The largest absolute Gasteiger partial charge is 0.354 e. The SMILES string of the molecule is CCCCNC(=O)[C@H](C)N(Cc1ccc(Cl)cc1)C(=O)CN(c1cccc(F)c1)S(C)(=O)=O. The van der Waals surface area contributed by atoms with Gasteiger partial charge in [-0.2, -0.15) is 0 Å². The zero-order valence-electron chi connectivity index (χ0n) is 18.9. The minimum atomic E-state index is -3.90. The molecule has 0 aliphatic carbocycles. The Labute approximate surface area is 199 Å². The van der Waals surface area contributed by atoms with E-state index in [0.717, 1.165) is 35.0 Å². The molecule has 0 aliphatic rings. The van der Waals surface area contributed by atoms with Gasteiger partial charge >= 0.3 is 0 Å². The topological polar surface area (TPSA) is 86.8 Å². The molecule has 0 unspecified atom stereocenters. The lowest BCUT2D eigenvalue weighted by atomic mass is 10.1. The molecule has 7 nitrogen and oxygen atoms in total. The van der Waals surface area contributed by atoms with Gasteiger partial charge in [-0.1, -0.05) is 43.1 Å². The third-order valence-corrected chi connectivity index (χ3v) is 6.43. The van der Waals surface area contributed by atoms with Crippen molar-refractivity contribution in [2.75, 3.05) is 23.7 Å². The molecule has 0 aliphatic heterocycles. The summed E-state index contributed by atoms with van der Waals surface area (Å²) < 4.78 is 39.4. The van der Waals surface area contributed by atoms with Crippen LogP contribution in [0.25, 0.3) is 0 Å². The number of nitrogens with zero attached hydrogens (tertiary/aromatic N) is 2. The predicted octanol–water partition coefficient (Wildman–Crippen LogP) is 3.58. The molecule has 0 fully saturated rings. The molecule has 2 aromatic rings. The lowest BCUT2D eigenvalue weighted by molar-refractivity contribution is -0.139. The number of unbranched alkanes of at least 4 members (excludes halogenated alkanes) is 1. The Morgan fingerprint density at radius 1 is 1.15 bits per heavy atom. The molecular formula is C23H29ClFN3O4S. The summed E-state index contributed by atoms with van der Waals surface area (Å²) in [5, 5.41) is 3.33. The molecule has 2 amide bonds. The number of carbonyl (C=O) groups is 2. The highest BCUT2D eigenvalue weighted by atomic mass is 35.5. The lowest BCUT2D eigenvalue weighted by Crippen LogP contribution is -2.51. The molecule has 2 rings (SSSR count). The van der Waals surface area contributed by atoms with Crippen molar-refractivity contribution in [1.82, 2.24) is 10.2 Å². The minimum Gasteiger partial charge on any atom is -0.354 e. The predicted molar refractivity (Wildman–Crippen MR) is 128 cm³/mol. The van der Waals surface area contributed by atoms with E-state index in [1.54, 1.807) is 31.2 Å². The van der Waals surface area contributed by atoms with E-state index in [1.807, 2.05) is 6.92 Å². The first kappa shape index (κ1) is 26.6. The highest BCUT2D eigenvalue weighted by Crippen LogP contribution is 2.20. The average molecular weight is 498 g/mol. The summed E-state index contributed by atoms with van der Waals surface area (Å²) in [6, 6.07) is 10.9. The monoisotopic (exact) mass is 497 g/mol. The van der Waals surface area contributed by atoms with E-state index in [9.17, 15) is 22.4 Å². The molecule has 10 heteroatoms. The van der Waals surface area contributed by atoms with Crippen molar-refractivity contribution in [2.24, 2.45) is 0 Å². The maximum atomic E-state index is 13.7. The highest BCUT2D eigenvalue weighted by molar-refractivity contribution is 7.92. The number of halogens is 2. The first-order valence-electron chi connectivity index (χ1n) is 10.6. The summed E-state index contributed by atoms with van der Waals surface area (Å²) in [6.07, 6.45) is 2.64. The molecule has 0 bridgehead atoms. The summed E-state index contributed by atoms with van der Waals surface area (Å²) in [6.45, 7) is 3.54. The Balaban J connectivity index is 2.33. The van der Waals surface area contributed by atoms with Gasteiger partial charge < -0.3 is 10.2 Å². The van der Waals surface area contributed by atoms with Gasteiger partial charge in [-0.25, -0.2) is 12.8 Å². The minimum absolute atomic E-state index is 0.0253. The number of benzene rings is 2. The lowest BCUT2D eigenvalue weighted by Gasteiger charge is -2.31. The second-order valence-corrected chi connectivity index (χ2v) is 10.1. The molecule has 0 saturated heterocycles. The maximum absolute atomic E-state index is 13.7. The van der Waals surface area contributed by atoms with Gasteiger partial charge in [-0.05, 0) is 49.2 Å². The molecule has 0 radical (unpaired) electrons. The first-order valence-corrected chi connectivity index (χ1v) is 12.8. The van der Waals surface area contributed by atoms with Gasteiger partial charge in [0.25, 0.3) is 0 Å². The number of anilines is 1. The zero-order valence-corrected chi connectivity index (χ0v) is 20.5. The molecule has 1 atom stereocenters. The molecule has 180 valence electrons. The molecular weight excluding hydrogens is 469 g/mol. The number of carbonyl (C=O) groups excluding carboxylic acids is 2. The Hall–Kier alpha value is -2.65. The number of hydrogen-bond donors (Lipinski definition) is 1. The zero-order chi connectivity index (χ0) is 24.6. The van der Waals surface area contributed by atoms with Crippen LogP contribution in [-0.2, 0) is 26.2 Å². The number of hydrogen-bond acceptors (Lipinski definition) is 4. The van der Waals surface area contributed by atoms with Crippen molar-refractivity contribution in [3.8, 4) is 0 Å². The van der Waals surface area contributed by atoms with Gasteiger partial charge in [0.15, 0.2) is 0 Å². The van der Waals surface area contributed by atoms with Gasteiger partial charge in [-0.3, -0.25) is 13.9 Å². The van der Waals surface area contributed by atoms with Crippen molar-refractivity contribution < 1.29 is 22.4 Å². The summed E-state index contributed by atoms with van der Waals surface area (Å²) in [5.74, 6) is -1.57. The van der Waals surface area contributed by atoms with Crippen molar-refractivity contribution in [3.63, 3.8) is 0 Å². The number of sulfonamides is 1. The molecule has 0 saturated carbocycles. The van der Waals surface area contributed by atoms with Crippen LogP contribution in [0.4, 0.5) is 10.1 Å². The van der Waals surface area contributed by atoms with Crippen LogP contribution in [0.2, 0.25) is 5.02 Å². The van der Waals surface area contributed by atoms with E-state index < -0.39 is 34.3 Å². The van der Waals surface area contributed by atoms with E-state index in [0.29, 0.717) is 11.6 Å². The van der Waals surface area contributed by atoms with Crippen LogP contribution in [0.3, 0.4) is 0 Å². The fourth-order valence-electron chi connectivity index (χ4n) is 3.15. The number of amides is 2. The summed E-state index contributed by atoms with van der Waals surface area (Å²) in [5.41, 5.74) is 0.745. The van der Waals surface area contributed by atoms with Crippen molar-refractivity contribution >= 4 is 39.1 Å². The van der Waals surface area contributed by atoms with Crippen LogP contribution in [0.1, 0.15) is 32.3 Å². The Morgan fingerprint density at radius 3 is 2.39 bits per heavy atom. The number of nitrogens with one attached hydrogen (secondary N) is 1. The third kappa shape index (κ3) is 8.01. The van der Waals surface area contributed by atoms with Crippen LogP contribution in [-0.4, -0.2) is 50.5 Å². The first-order chi connectivity index (χ1) is 15.5. The van der Waals surface area contributed by atoms with Gasteiger partial charge in [0, 0.05) is 18.1 Å². The van der Waals surface area contributed by atoms with Gasteiger partial charge in [0.1, 0.15) is 18.4 Å². The van der Waals surface area contributed by atoms with E-state index >= 15 is 0 Å². The van der Waals surface area contributed by atoms with Crippen molar-refractivity contribution in [3.05, 3.63) is 64.9 Å². The van der Waals surface area contributed by atoms with Crippen LogP contribution >= 0.6 is 11.6 Å². The average Bonchev–Trinajstić information content (AvgIpc) is 2.75. The number of rotatable bonds is 11. The normalized spacial score (nSPS) is 12.2. The summed E-state index contributed by atoms with van der Waals surface area (Å²) in [7, 11) is -3.90. The molecule has 1 N–H and O–H groups in total. The second kappa shape index (κ2) is 12.0. The molecule has 0 aromatic heterocycles. The molecule has 0 heterocycles. The van der Waals surface area contributed by atoms with Crippen LogP contribution in [0.5, 0.6) is 0 Å². The molecule has 33 heavy (non-hydrogen) atoms. The quantitative estimate of drug-likeness (QED) is 0.481. The molecule has 2 aromatic carbocycles. The van der Waals surface area contributed by atoms with Gasteiger partial charge in [0.05, 0.1) is 11.9 Å². The van der Waals surface area contributed by atoms with Crippen LogP contribution < -0.4 is 9.62 Å². The Morgan fingerprint density at radius 2 is 1.82 bits per heavy atom. The maximum Gasteiger partial charge on any atom is 0.244 e. The summed E-state index contributed by atoms with van der Waals surface area (Å²) >= 11 is 5.95. The van der Waals surface area contributed by atoms with E-state index in [-0.39, 0.29) is 18.1 Å². The van der Waals surface area contributed by atoms with Crippen LogP contribution in [0.15, 0.2) is 48.5 Å². The fourth-order valence-corrected chi connectivity index (χ4v) is 4.12. The fraction of sp³-hybridized carbons (Fsp3) is 0.391. The van der Waals surface area contributed by atoms with E-state index in [1.165, 1.54) is 23.1 Å². The molecule has 0 spiro atoms. The Bertz CT molecular complexity index is 1060. The standard InChI is InChI=1S/C23H29ClFN3O4S/c1-4-5-13-26-23(30)17(2)27(15-18-9-11-19(24)12-10-18)22(29)16-28(33(3,31)32)21-8-6-7-20(25)14-21/h6-12,14,17H,4-5,13,15-16H2,1-3H3,(H,26,30)/t17-/m0/s1. The van der Waals surface area contributed by atoms with E-state index in [4.69, 9.17) is 11.6 Å².